The average Bonchev–Trinajstić information content (AvgIpc) is 2.93. The van der Waals surface area contributed by atoms with Gasteiger partial charge in [0.2, 0.25) is 11.8 Å². The first-order chi connectivity index (χ1) is 11.5. The Kier molecular flexibility index (Phi) is 4.46. The van der Waals surface area contributed by atoms with Gasteiger partial charge in [-0.3, -0.25) is 9.59 Å². The van der Waals surface area contributed by atoms with Gasteiger partial charge in [-0.05, 0) is 24.6 Å². The molecule has 3 rings (SSSR count). The van der Waals surface area contributed by atoms with Gasteiger partial charge in [0.25, 0.3) is 0 Å². The van der Waals surface area contributed by atoms with Crippen molar-refractivity contribution in [3.63, 3.8) is 0 Å². The summed E-state index contributed by atoms with van der Waals surface area (Å²) in [6.07, 6.45) is 1.66. The van der Waals surface area contributed by atoms with Crippen LogP contribution in [-0.4, -0.2) is 33.3 Å². The van der Waals surface area contributed by atoms with E-state index >= 15 is 0 Å². The Balaban J connectivity index is 1.62. The molecule has 2 N–H and O–H groups in total. The second-order valence-corrected chi connectivity index (χ2v) is 6.02. The molecule has 1 fully saturated rings. The quantitative estimate of drug-likeness (QED) is 0.901. The van der Waals surface area contributed by atoms with E-state index in [0.717, 1.165) is 5.56 Å². The summed E-state index contributed by atoms with van der Waals surface area (Å²) >= 11 is 0. The number of aromatic nitrogens is 1. The van der Waals surface area contributed by atoms with Crippen molar-refractivity contribution in [3.8, 4) is 5.75 Å². The highest BCUT2D eigenvalue weighted by molar-refractivity contribution is 5.97. The second kappa shape index (κ2) is 6.70. The molecule has 0 radical (unpaired) electrons. The lowest BCUT2D eigenvalue weighted by atomic mass is 10.1. The molecule has 2 heterocycles. The van der Waals surface area contributed by atoms with Gasteiger partial charge < -0.3 is 15.3 Å². The van der Waals surface area contributed by atoms with Crippen molar-refractivity contribution < 1.29 is 14.7 Å². The standard InChI is InChI=1S/C18H19N3O3/c1-12-4-6-13(7-5-12)10-21-11-14(9-16(21)23)18(24)20-17-15(22)3-2-8-19-17/h2-8,14,22H,9-11H2,1H3,(H,19,20,24). The SMILES string of the molecule is Cc1ccc(CN2CC(C(=O)Nc3ncccc3O)CC2=O)cc1. The van der Waals surface area contributed by atoms with Gasteiger partial charge in [0.15, 0.2) is 11.6 Å². The van der Waals surface area contributed by atoms with Crippen LogP contribution in [0.2, 0.25) is 0 Å². The molecule has 24 heavy (non-hydrogen) atoms. The maximum Gasteiger partial charge on any atom is 0.231 e. The Bertz CT molecular complexity index is 758. The van der Waals surface area contributed by atoms with Crippen molar-refractivity contribution in [1.82, 2.24) is 9.88 Å². The predicted octanol–water partition coefficient (Wildman–Crippen LogP) is 2.08. The van der Waals surface area contributed by atoms with Gasteiger partial charge in [0, 0.05) is 25.7 Å². The predicted molar refractivity (Wildman–Crippen MR) is 89.2 cm³/mol. The number of hydrogen-bond acceptors (Lipinski definition) is 4. The smallest absolute Gasteiger partial charge is 0.231 e. The molecule has 6 nitrogen and oxygen atoms in total. The number of nitrogens with zero attached hydrogens (tertiary/aromatic N) is 2. The fraction of sp³-hybridized carbons (Fsp3) is 0.278. The van der Waals surface area contributed by atoms with Gasteiger partial charge in [-0.15, -0.1) is 0 Å². The summed E-state index contributed by atoms with van der Waals surface area (Å²) < 4.78 is 0. The minimum atomic E-state index is -0.440. The second-order valence-electron chi connectivity index (χ2n) is 6.02. The normalized spacial score (nSPS) is 17.1. The van der Waals surface area contributed by atoms with E-state index in [0.29, 0.717) is 13.1 Å². The summed E-state index contributed by atoms with van der Waals surface area (Å²) in [6.45, 7) is 2.88. The molecule has 124 valence electrons. The van der Waals surface area contributed by atoms with Crippen LogP contribution in [0.3, 0.4) is 0 Å². The minimum absolute atomic E-state index is 0.0408. The van der Waals surface area contributed by atoms with Gasteiger partial charge >= 0.3 is 0 Å². The lowest BCUT2D eigenvalue weighted by molar-refractivity contribution is -0.128. The van der Waals surface area contributed by atoms with Crippen molar-refractivity contribution in [3.05, 3.63) is 53.7 Å². The molecule has 1 aliphatic rings. The summed E-state index contributed by atoms with van der Waals surface area (Å²) in [5.41, 5.74) is 2.20. The third kappa shape index (κ3) is 3.53. The largest absolute Gasteiger partial charge is 0.504 e. The molecule has 0 spiro atoms. The van der Waals surface area contributed by atoms with Gasteiger partial charge in [-0.25, -0.2) is 4.98 Å². The monoisotopic (exact) mass is 325 g/mol. The van der Waals surface area contributed by atoms with E-state index in [2.05, 4.69) is 10.3 Å². The fourth-order valence-corrected chi connectivity index (χ4v) is 2.73. The van der Waals surface area contributed by atoms with E-state index in [4.69, 9.17) is 0 Å². The van der Waals surface area contributed by atoms with Crippen LogP contribution in [0.5, 0.6) is 5.75 Å². The van der Waals surface area contributed by atoms with Crippen LogP contribution in [0.25, 0.3) is 0 Å². The van der Waals surface area contributed by atoms with E-state index in [1.165, 1.54) is 17.8 Å². The highest BCUT2D eigenvalue weighted by atomic mass is 16.3. The molecule has 6 heteroatoms. The number of benzene rings is 1. The molecule has 1 aliphatic heterocycles. The Morgan fingerprint density at radius 3 is 2.79 bits per heavy atom. The van der Waals surface area contributed by atoms with Crippen molar-refractivity contribution in [2.24, 2.45) is 5.92 Å². The summed E-state index contributed by atoms with van der Waals surface area (Å²) in [4.78, 5) is 30.1. The molecule has 1 saturated heterocycles. The van der Waals surface area contributed by atoms with E-state index in [1.54, 1.807) is 11.0 Å². The fourth-order valence-electron chi connectivity index (χ4n) is 2.73. The zero-order valence-corrected chi connectivity index (χ0v) is 13.4. The van der Waals surface area contributed by atoms with Crippen LogP contribution in [-0.2, 0) is 16.1 Å². The third-order valence-electron chi connectivity index (χ3n) is 4.11. The molecular formula is C18H19N3O3. The highest BCUT2D eigenvalue weighted by Gasteiger charge is 2.34. The zero-order chi connectivity index (χ0) is 17.1. The molecule has 0 bridgehead atoms. The first kappa shape index (κ1) is 16.0. The summed E-state index contributed by atoms with van der Waals surface area (Å²) in [5, 5.41) is 12.3. The maximum absolute atomic E-state index is 12.3. The van der Waals surface area contributed by atoms with Crippen molar-refractivity contribution >= 4 is 17.6 Å². The van der Waals surface area contributed by atoms with Crippen LogP contribution in [0.1, 0.15) is 17.5 Å². The third-order valence-corrected chi connectivity index (χ3v) is 4.11. The number of carbonyl (C=O) groups is 2. The number of aryl methyl sites for hydroxylation is 1. The number of pyridine rings is 1. The van der Waals surface area contributed by atoms with E-state index < -0.39 is 5.92 Å². The number of rotatable bonds is 4. The number of anilines is 1. The maximum atomic E-state index is 12.3. The minimum Gasteiger partial charge on any atom is -0.504 e. The van der Waals surface area contributed by atoms with Crippen LogP contribution in [0.4, 0.5) is 5.82 Å². The van der Waals surface area contributed by atoms with Crippen LogP contribution >= 0.6 is 0 Å². The van der Waals surface area contributed by atoms with Crippen LogP contribution in [0.15, 0.2) is 42.6 Å². The molecule has 1 unspecified atom stereocenters. The molecule has 1 aromatic carbocycles. The molecule has 0 aliphatic carbocycles. The number of nitrogens with one attached hydrogen (secondary N) is 1. The Morgan fingerprint density at radius 1 is 1.33 bits per heavy atom. The summed E-state index contributed by atoms with van der Waals surface area (Å²) in [6, 6.07) is 11.0. The number of likely N-dealkylation sites (tertiary alicyclic amines) is 1. The molecule has 2 amide bonds. The van der Waals surface area contributed by atoms with Gasteiger partial charge in [-0.2, -0.15) is 0 Å². The topological polar surface area (TPSA) is 82.5 Å². The molecule has 1 aromatic heterocycles. The van der Waals surface area contributed by atoms with Crippen LogP contribution < -0.4 is 5.32 Å². The Morgan fingerprint density at radius 2 is 2.08 bits per heavy atom. The first-order valence-corrected chi connectivity index (χ1v) is 7.81. The Hall–Kier alpha value is -2.89. The van der Waals surface area contributed by atoms with E-state index in [1.807, 2.05) is 31.2 Å². The molecule has 0 saturated carbocycles. The van der Waals surface area contributed by atoms with Gasteiger partial charge in [0.1, 0.15) is 0 Å². The number of aromatic hydroxyl groups is 1. The van der Waals surface area contributed by atoms with Gasteiger partial charge in [-0.1, -0.05) is 29.8 Å². The summed E-state index contributed by atoms with van der Waals surface area (Å²) in [7, 11) is 0. The number of amides is 2. The average molecular weight is 325 g/mol. The zero-order valence-electron chi connectivity index (χ0n) is 13.4. The van der Waals surface area contributed by atoms with Crippen molar-refractivity contribution in [1.29, 1.82) is 0 Å². The van der Waals surface area contributed by atoms with Gasteiger partial charge in [0.05, 0.1) is 5.92 Å². The molecule has 2 aromatic rings. The lowest BCUT2D eigenvalue weighted by Crippen LogP contribution is -2.28. The first-order valence-electron chi connectivity index (χ1n) is 7.81. The van der Waals surface area contributed by atoms with Crippen molar-refractivity contribution in [2.75, 3.05) is 11.9 Å². The van der Waals surface area contributed by atoms with Crippen LogP contribution in [0, 0.1) is 12.8 Å². The highest BCUT2D eigenvalue weighted by Crippen LogP contribution is 2.24. The molecular weight excluding hydrogens is 306 g/mol. The Labute approximate surface area is 140 Å². The number of carbonyl (C=O) groups excluding carboxylic acids is 2. The van der Waals surface area contributed by atoms with E-state index in [9.17, 15) is 14.7 Å². The number of hydrogen-bond donors (Lipinski definition) is 2. The van der Waals surface area contributed by atoms with Crippen molar-refractivity contribution in [2.45, 2.75) is 19.9 Å². The molecule has 1 atom stereocenters. The summed E-state index contributed by atoms with van der Waals surface area (Å²) in [5.74, 6) is -0.757. The van der Waals surface area contributed by atoms with E-state index in [-0.39, 0.29) is 29.8 Å². The lowest BCUT2D eigenvalue weighted by Gasteiger charge is -2.17.